The number of phenolic OH excluding ortho intramolecular Hbond substituents is 1. The average Bonchev–Trinajstić information content (AvgIpc) is 2.81. The highest BCUT2D eigenvalue weighted by Crippen LogP contribution is 2.36. The fourth-order valence-corrected chi connectivity index (χ4v) is 4.12. The molecule has 0 bridgehead atoms. The molecule has 4 nitrogen and oxygen atoms in total. The predicted molar refractivity (Wildman–Crippen MR) is 109 cm³/mol. The van der Waals surface area contributed by atoms with E-state index in [0.717, 1.165) is 20.2 Å². The van der Waals surface area contributed by atoms with Gasteiger partial charge in [0.05, 0.1) is 11.4 Å². The predicted octanol–water partition coefficient (Wildman–Crippen LogP) is 5.54. The summed E-state index contributed by atoms with van der Waals surface area (Å²) < 4.78 is 0.906. The first-order valence-corrected chi connectivity index (χ1v) is 9.68. The smallest absolute Gasteiger partial charge is 0.293 e. The van der Waals surface area contributed by atoms with E-state index in [1.54, 1.807) is 36.4 Å². The Labute approximate surface area is 171 Å². The summed E-state index contributed by atoms with van der Waals surface area (Å²) >= 11 is 15.2. The van der Waals surface area contributed by atoms with Crippen molar-refractivity contribution in [2.24, 2.45) is 0 Å². The Hall–Kier alpha value is -1.22. The van der Waals surface area contributed by atoms with E-state index in [1.165, 1.54) is 6.08 Å². The summed E-state index contributed by atoms with van der Waals surface area (Å²) in [7, 11) is 0. The Balaban J connectivity index is 1.90. The highest BCUT2D eigenvalue weighted by molar-refractivity contribution is 14.1. The van der Waals surface area contributed by atoms with E-state index >= 15 is 0 Å². The quantitative estimate of drug-likeness (QED) is 0.439. The summed E-state index contributed by atoms with van der Waals surface area (Å²) in [5.74, 6) is -0.398. The van der Waals surface area contributed by atoms with Gasteiger partial charge in [-0.3, -0.25) is 14.5 Å². The lowest BCUT2D eigenvalue weighted by Crippen LogP contribution is -2.27. The number of phenols is 1. The van der Waals surface area contributed by atoms with Crippen molar-refractivity contribution in [3.05, 3.63) is 66.0 Å². The van der Waals surface area contributed by atoms with Gasteiger partial charge in [0, 0.05) is 24.7 Å². The minimum atomic E-state index is -0.441. The summed E-state index contributed by atoms with van der Waals surface area (Å²) in [5.41, 5.74) is 1.000. The van der Waals surface area contributed by atoms with Gasteiger partial charge in [-0.05, 0) is 70.8 Å². The van der Waals surface area contributed by atoms with Crippen LogP contribution in [0.1, 0.15) is 11.1 Å². The Morgan fingerprint density at radius 3 is 2.52 bits per heavy atom. The van der Waals surface area contributed by atoms with Gasteiger partial charge in [-0.15, -0.1) is 0 Å². The third kappa shape index (κ3) is 3.97. The summed E-state index contributed by atoms with van der Waals surface area (Å²) in [4.78, 5) is 26.2. The first-order chi connectivity index (χ1) is 11.9. The molecule has 2 aromatic carbocycles. The van der Waals surface area contributed by atoms with E-state index in [9.17, 15) is 14.7 Å². The standard InChI is InChI=1S/C17H10Cl2INO3S/c18-12-2-1-3-13(19)11(12)8-21-16(23)15(25-17(21)24)7-9-6-10(20)4-5-14(9)22/h1-7,22H,8H2/b15-7-. The zero-order valence-corrected chi connectivity index (χ0v) is 17.0. The van der Waals surface area contributed by atoms with Crippen molar-refractivity contribution in [3.63, 3.8) is 0 Å². The Bertz CT molecular complexity index is 897. The van der Waals surface area contributed by atoms with Crippen molar-refractivity contribution in [2.75, 3.05) is 0 Å². The normalized spacial score (nSPS) is 16.1. The number of rotatable bonds is 3. The lowest BCUT2D eigenvalue weighted by molar-refractivity contribution is -0.123. The molecular weight excluding hydrogens is 496 g/mol. The number of aromatic hydroxyl groups is 1. The third-order valence-electron chi connectivity index (χ3n) is 3.53. The van der Waals surface area contributed by atoms with Crippen molar-refractivity contribution < 1.29 is 14.7 Å². The second-order valence-electron chi connectivity index (χ2n) is 5.17. The van der Waals surface area contributed by atoms with Crippen LogP contribution in [0.5, 0.6) is 5.75 Å². The fourth-order valence-electron chi connectivity index (χ4n) is 2.26. The minimum Gasteiger partial charge on any atom is -0.507 e. The van der Waals surface area contributed by atoms with Gasteiger partial charge in [-0.1, -0.05) is 29.3 Å². The zero-order chi connectivity index (χ0) is 18.1. The number of nitrogens with zero attached hydrogens (tertiary/aromatic N) is 1. The summed E-state index contributed by atoms with van der Waals surface area (Å²) in [6, 6.07) is 10.0. The van der Waals surface area contributed by atoms with E-state index in [2.05, 4.69) is 22.6 Å². The van der Waals surface area contributed by atoms with Gasteiger partial charge >= 0.3 is 0 Å². The molecule has 8 heteroatoms. The van der Waals surface area contributed by atoms with Crippen LogP contribution in [0, 0.1) is 3.57 Å². The first kappa shape index (κ1) is 18.6. The molecule has 0 aliphatic carbocycles. The summed E-state index contributed by atoms with van der Waals surface area (Å²) in [5, 5.41) is 10.3. The number of benzene rings is 2. The van der Waals surface area contributed by atoms with E-state index in [4.69, 9.17) is 23.2 Å². The van der Waals surface area contributed by atoms with Gasteiger partial charge in [0.15, 0.2) is 0 Å². The fraction of sp³-hybridized carbons (Fsp3) is 0.0588. The number of imide groups is 1. The van der Waals surface area contributed by atoms with Crippen molar-refractivity contribution in [3.8, 4) is 5.75 Å². The number of amides is 2. The van der Waals surface area contributed by atoms with Gasteiger partial charge in [0.25, 0.3) is 11.1 Å². The van der Waals surface area contributed by atoms with Crippen LogP contribution >= 0.6 is 57.6 Å². The minimum absolute atomic E-state index is 0.00117. The number of halogens is 3. The molecule has 0 spiro atoms. The maximum absolute atomic E-state index is 12.6. The van der Waals surface area contributed by atoms with Crippen LogP contribution in [-0.2, 0) is 11.3 Å². The largest absolute Gasteiger partial charge is 0.507 e. The van der Waals surface area contributed by atoms with E-state index in [0.29, 0.717) is 21.2 Å². The van der Waals surface area contributed by atoms with Gasteiger partial charge in [0.1, 0.15) is 5.75 Å². The average molecular weight is 506 g/mol. The molecule has 1 aliphatic heterocycles. The lowest BCUT2D eigenvalue weighted by Gasteiger charge is -2.14. The maximum atomic E-state index is 12.6. The summed E-state index contributed by atoms with van der Waals surface area (Å²) in [6.07, 6.45) is 1.51. The molecule has 1 N–H and O–H groups in total. The number of carbonyl (C=O) groups excluding carboxylic acids is 2. The topological polar surface area (TPSA) is 57.6 Å². The second kappa shape index (κ2) is 7.57. The van der Waals surface area contributed by atoms with Crippen molar-refractivity contribution in [2.45, 2.75) is 6.54 Å². The Kier molecular flexibility index (Phi) is 5.62. The monoisotopic (exact) mass is 505 g/mol. The molecule has 0 unspecified atom stereocenters. The molecule has 0 saturated carbocycles. The third-order valence-corrected chi connectivity index (χ3v) is 5.81. The molecule has 1 saturated heterocycles. The van der Waals surface area contributed by atoms with Gasteiger partial charge in [-0.2, -0.15) is 0 Å². The van der Waals surface area contributed by atoms with Crippen LogP contribution in [0.4, 0.5) is 4.79 Å². The van der Waals surface area contributed by atoms with Crippen molar-refractivity contribution in [1.82, 2.24) is 4.90 Å². The second-order valence-corrected chi connectivity index (χ2v) is 8.22. The highest BCUT2D eigenvalue weighted by atomic mass is 127. The number of thioether (sulfide) groups is 1. The highest BCUT2D eigenvalue weighted by Gasteiger charge is 2.35. The van der Waals surface area contributed by atoms with Crippen LogP contribution in [0.25, 0.3) is 6.08 Å². The molecule has 1 aliphatic rings. The SMILES string of the molecule is O=C1S/C(=C\c2cc(I)ccc2O)C(=O)N1Cc1c(Cl)cccc1Cl. The van der Waals surface area contributed by atoms with Crippen LogP contribution < -0.4 is 0 Å². The maximum Gasteiger partial charge on any atom is 0.293 e. The van der Waals surface area contributed by atoms with Gasteiger partial charge < -0.3 is 5.11 Å². The van der Waals surface area contributed by atoms with Crippen LogP contribution in [0.3, 0.4) is 0 Å². The van der Waals surface area contributed by atoms with Crippen LogP contribution in [0.15, 0.2) is 41.3 Å². The lowest BCUT2D eigenvalue weighted by atomic mass is 10.1. The molecule has 1 heterocycles. The summed E-state index contributed by atoms with van der Waals surface area (Å²) in [6.45, 7) is -0.00117. The van der Waals surface area contributed by atoms with Crippen molar-refractivity contribution in [1.29, 1.82) is 0 Å². The molecular formula is C17H10Cl2INO3S. The van der Waals surface area contributed by atoms with E-state index in [1.807, 2.05) is 0 Å². The van der Waals surface area contributed by atoms with E-state index in [-0.39, 0.29) is 17.2 Å². The molecule has 0 atom stereocenters. The van der Waals surface area contributed by atoms with Crippen LogP contribution in [-0.4, -0.2) is 21.2 Å². The Morgan fingerprint density at radius 2 is 1.84 bits per heavy atom. The number of hydrogen-bond acceptors (Lipinski definition) is 4. The number of carbonyl (C=O) groups is 2. The van der Waals surface area contributed by atoms with Crippen LogP contribution in [0.2, 0.25) is 10.0 Å². The molecule has 2 aromatic rings. The molecule has 0 radical (unpaired) electrons. The zero-order valence-electron chi connectivity index (χ0n) is 12.5. The molecule has 3 rings (SSSR count). The molecule has 0 aromatic heterocycles. The molecule has 128 valence electrons. The Morgan fingerprint density at radius 1 is 1.16 bits per heavy atom. The van der Waals surface area contributed by atoms with Gasteiger partial charge in [0.2, 0.25) is 0 Å². The first-order valence-electron chi connectivity index (χ1n) is 7.03. The molecule has 25 heavy (non-hydrogen) atoms. The van der Waals surface area contributed by atoms with Crippen molar-refractivity contribution >= 4 is 74.8 Å². The van der Waals surface area contributed by atoms with E-state index < -0.39 is 11.1 Å². The molecule has 1 fully saturated rings. The number of hydrogen-bond donors (Lipinski definition) is 1. The molecule has 2 amide bonds. The van der Waals surface area contributed by atoms with Gasteiger partial charge in [-0.25, -0.2) is 0 Å².